The van der Waals surface area contributed by atoms with Crippen LogP contribution >= 0.6 is 0 Å². The maximum absolute atomic E-state index is 12.1. The van der Waals surface area contributed by atoms with Gasteiger partial charge in [0.1, 0.15) is 12.4 Å². The fourth-order valence-corrected chi connectivity index (χ4v) is 3.03. The third-order valence-electron chi connectivity index (χ3n) is 4.48. The van der Waals surface area contributed by atoms with E-state index in [0.717, 1.165) is 36.1 Å². The Balaban J connectivity index is 1.45. The Morgan fingerprint density at radius 3 is 2.46 bits per heavy atom. The van der Waals surface area contributed by atoms with E-state index in [1.54, 1.807) is 0 Å². The molecule has 1 aliphatic carbocycles. The van der Waals surface area contributed by atoms with Crippen molar-refractivity contribution in [2.75, 3.05) is 0 Å². The van der Waals surface area contributed by atoms with Crippen LogP contribution in [0, 0.1) is 5.92 Å². The van der Waals surface area contributed by atoms with Crippen LogP contribution in [0.4, 0.5) is 0 Å². The van der Waals surface area contributed by atoms with Crippen LogP contribution in [-0.2, 0) is 17.9 Å². The number of hydrogen-bond acceptors (Lipinski definition) is 3. The summed E-state index contributed by atoms with van der Waals surface area (Å²) in [6.07, 6.45) is 2.66. The van der Waals surface area contributed by atoms with Crippen LogP contribution in [0.1, 0.15) is 30.4 Å². The number of amides is 1. The van der Waals surface area contributed by atoms with E-state index in [1.165, 1.54) is 0 Å². The van der Waals surface area contributed by atoms with Crippen molar-refractivity contribution >= 4 is 5.91 Å². The second-order valence-electron chi connectivity index (χ2n) is 6.41. The zero-order chi connectivity index (χ0) is 16.8. The summed E-state index contributed by atoms with van der Waals surface area (Å²) in [6.45, 7) is 1.10. The summed E-state index contributed by atoms with van der Waals surface area (Å²) in [5, 5.41) is 3.00. The number of hydrogen-bond donors (Lipinski definition) is 2. The van der Waals surface area contributed by atoms with Gasteiger partial charge in [0.25, 0.3) is 0 Å². The Kier molecular flexibility index (Phi) is 5.49. The summed E-state index contributed by atoms with van der Waals surface area (Å²) in [7, 11) is 0. The molecule has 4 nitrogen and oxygen atoms in total. The van der Waals surface area contributed by atoms with Crippen LogP contribution in [0.3, 0.4) is 0 Å². The van der Waals surface area contributed by atoms with E-state index >= 15 is 0 Å². The van der Waals surface area contributed by atoms with Crippen LogP contribution < -0.4 is 15.8 Å². The number of benzene rings is 2. The molecule has 1 saturated carbocycles. The Morgan fingerprint density at radius 1 is 1.04 bits per heavy atom. The topological polar surface area (TPSA) is 64.4 Å². The molecule has 3 rings (SSSR count). The SMILES string of the molecule is NC1CCC(C(=O)NCc2ccc(OCc3ccccc3)cc2)C1. The van der Waals surface area contributed by atoms with E-state index in [0.29, 0.717) is 13.2 Å². The molecule has 126 valence electrons. The molecule has 0 aromatic heterocycles. The van der Waals surface area contributed by atoms with Crippen molar-refractivity contribution in [3.05, 3.63) is 65.7 Å². The molecule has 0 heterocycles. The average Bonchev–Trinajstić information content (AvgIpc) is 3.06. The van der Waals surface area contributed by atoms with Crippen molar-refractivity contribution in [2.24, 2.45) is 11.7 Å². The van der Waals surface area contributed by atoms with Crippen molar-refractivity contribution in [3.8, 4) is 5.75 Å². The van der Waals surface area contributed by atoms with Gasteiger partial charge in [-0.05, 0) is 42.5 Å². The highest BCUT2D eigenvalue weighted by Gasteiger charge is 2.27. The summed E-state index contributed by atoms with van der Waals surface area (Å²) in [5.74, 6) is 1.02. The number of nitrogens with two attached hydrogens (primary N) is 1. The molecule has 0 spiro atoms. The van der Waals surface area contributed by atoms with E-state index in [1.807, 2.05) is 54.6 Å². The van der Waals surface area contributed by atoms with Crippen molar-refractivity contribution < 1.29 is 9.53 Å². The van der Waals surface area contributed by atoms with Gasteiger partial charge in [0.2, 0.25) is 5.91 Å². The maximum atomic E-state index is 12.1. The van der Waals surface area contributed by atoms with Gasteiger partial charge in [0.15, 0.2) is 0 Å². The van der Waals surface area contributed by atoms with Crippen molar-refractivity contribution in [1.82, 2.24) is 5.32 Å². The van der Waals surface area contributed by atoms with Crippen molar-refractivity contribution in [2.45, 2.75) is 38.5 Å². The van der Waals surface area contributed by atoms with E-state index in [9.17, 15) is 4.79 Å². The molecule has 4 heteroatoms. The van der Waals surface area contributed by atoms with Gasteiger partial charge in [0.05, 0.1) is 0 Å². The van der Waals surface area contributed by atoms with E-state index in [2.05, 4.69) is 5.32 Å². The Morgan fingerprint density at radius 2 is 1.79 bits per heavy atom. The lowest BCUT2D eigenvalue weighted by Gasteiger charge is -2.11. The molecule has 0 bridgehead atoms. The first-order valence-electron chi connectivity index (χ1n) is 8.49. The fraction of sp³-hybridized carbons (Fsp3) is 0.350. The number of carbonyl (C=O) groups excluding carboxylic acids is 1. The smallest absolute Gasteiger partial charge is 0.223 e. The number of ether oxygens (including phenoxy) is 1. The normalized spacial score (nSPS) is 19.9. The maximum Gasteiger partial charge on any atom is 0.223 e. The summed E-state index contributed by atoms with van der Waals surface area (Å²) < 4.78 is 5.76. The zero-order valence-electron chi connectivity index (χ0n) is 13.8. The predicted octanol–water partition coefficient (Wildman–Crippen LogP) is 3.01. The molecule has 3 N–H and O–H groups in total. The first-order chi connectivity index (χ1) is 11.7. The summed E-state index contributed by atoms with van der Waals surface area (Å²) in [6, 6.07) is 18.1. The third kappa shape index (κ3) is 4.59. The minimum atomic E-state index is 0.0773. The van der Waals surface area contributed by atoms with Crippen molar-refractivity contribution in [1.29, 1.82) is 0 Å². The summed E-state index contributed by atoms with van der Waals surface area (Å²) >= 11 is 0. The second-order valence-corrected chi connectivity index (χ2v) is 6.41. The fourth-order valence-electron chi connectivity index (χ4n) is 3.03. The quantitative estimate of drug-likeness (QED) is 0.858. The molecule has 1 fully saturated rings. The molecule has 2 aromatic rings. The molecule has 0 saturated heterocycles. The van der Waals surface area contributed by atoms with Gasteiger partial charge < -0.3 is 15.8 Å². The van der Waals surface area contributed by atoms with Crippen LogP contribution in [0.2, 0.25) is 0 Å². The van der Waals surface area contributed by atoms with Crippen LogP contribution in [0.15, 0.2) is 54.6 Å². The van der Waals surface area contributed by atoms with E-state index in [-0.39, 0.29) is 17.9 Å². The lowest BCUT2D eigenvalue weighted by atomic mass is 10.1. The highest BCUT2D eigenvalue weighted by molar-refractivity contribution is 5.79. The van der Waals surface area contributed by atoms with Gasteiger partial charge in [-0.25, -0.2) is 0 Å². The molecule has 2 aromatic carbocycles. The molecular weight excluding hydrogens is 300 g/mol. The Bertz CT molecular complexity index is 655. The lowest BCUT2D eigenvalue weighted by molar-refractivity contribution is -0.125. The van der Waals surface area contributed by atoms with Gasteiger partial charge in [-0.3, -0.25) is 4.79 Å². The molecular formula is C20H24N2O2. The van der Waals surface area contributed by atoms with Gasteiger partial charge in [-0.2, -0.15) is 0 Å². The molecule has 24 heavy (non-hydrogen) atoms. The summed E-state index contributed by atoms with van der Waals surface area (Å²) in [4.78, 5) is 12.1. The molecule has 0 radical (unpaired) electrons. The van der Waals surface area contributed by atoms with Crippen LogP contribution in [-0.4, -0.2) is 11.9 Å². The van der Waals surface area contributed by atoms with Crippen LogP contribution in [0.25, 0.3) is 0 Å². The predicted molar refractivity (Wildman–Crippen MR) is 94.4 cm³/mol. The minimum absolute atomic E-state index is 0.0773. The molecule has 2 atom stereocenters. The highest BCUT2D eigenvalue weighted by atomic mass is 16.5. The Labute approximate surface area is 143 Å². The highest BCUT2D eigenvalue weighted by Crippen LogP contribution is 2.24. The second kappa shape index (κ2) is 7.97. The van der Waals surface area contributed by atoms with Gasteiger partial charge in [-0.15, -0.1) is 0 Å². The average molecular weight is 324 g/mol. The zero-order valence-corrected chi connectivity index (χ0v) is 13.8. The molecule has 1 aliphatic rings. The Hall–Kier alpha value is -2.33. The standard InChI is InChI=1S/C20H24N2O2/c21-18-9-8-17(12-18)20(23)22-13-15-6-10-19(11-7-15)24-14-16-4-2-1-3-5-16/h1-7,10-11,17-18H,8-9,12-14,21H2,(H,22,23). The summed E-state index contributed by atoms with van der Waals surface area (Å²) in [5.41, 5.74) is 8.07. The largest absolute Gasteiger partial charge is 0.489 e. The van der Waals surface area contributed by atoms with E-state index < -0.39 is 0 Å². The van der Waals surface area contributed by atoms with Gasteiger partial charge in [0, 0.05) is 18.5 Å². The number of carbonyl (C=O) groups is 1. The van der Waals surface area contributed by atoms with E-state index in [4.69, 9.17) is 10.5 Å². The minimum Gasteiger partial charge on any atom is -0.489 e. The van der Waals surface area contributed by atoms with Crippen LogP contribution in [0.5, 0.6) is 5.75 Å². The third-order valence-corrected chi connectivity index (χ3v) is 4.48. The monoisotopic (exact) mass is 324 g/mol. The van der Waals surface area contributed by atoms with Crippen molar-refractivity contribution in [3.63, 3.8) is 0 Å². The lowest BCUT2D eigenvalue weighted by Crippen LogP contribution is -2.29. The molecule has 2 unspecified atom stereocenters. The molecule has 1 amide bonds. The molecule has 0 aliphatic heterocycles. The number of nitrogens with one attached hydrogen (secondary N) is 1. The van der Waals surface area contributed by atoms with Gasteiger partial charge in [-0.1, -0.05) is 42.5 Å². The number of rotatable bonds is 6. The first-order valence-corrected chi connectivity index (χ1v) is 8.49. The first kappa shape index (κ1) is 16.5. The van der Waals surface area contributed by atoms with Gasteiger partial charge >= 0.3 is 0 Å².